The van der Waals surface area contributed by atoms with Crippen molar-refractivity contribution >= 4 is 23.2 Å². The first-order chi connectivity index (χ1) is 15.3. The topological polar surface area (TPSA) is 105 Å². The Morgan fingerprint density at radius 2 is 1.62 bits per heavy atom. The van der Waals surface area contributed by atoms with Crippen molar-refractivity contribution in [3.63, 3.8) is 0 Å². The molecule has 170 valence electrons. The molecule has 2 aromatic rings. The van der Waals surface area contributed by atoms with Gasteiger partial charge in [0.25, 0.3) is 17.5 Å². The van der Waals surface area contributed by atoms with Gasteiger partial charge in [0.1, 0.15) is 0 Å². The number of nitrogens with zero attached hydrogens (tertiary/aromatic N) is 2. The lowest BCUT2D eigenvalue weighted by molar-refractivity contribution is -0.384. The molecule has 0 spiro atoms. The Morgan fingerprint density at radius 1 is 1.00 bits per heavy atom. The van der Waals surface area contributed by atoms with Crippen LogP contribution in [0.25, 0.3) is 0 Å². The van der Waals surface area contributed by atoms with E-state index >= 15 is 0 Å². The number of piperidine rings is 1. The zero-order valence-electron chi connectivity index (χ0n) is 18.7. The van der Waals surface area contributed by atoms with Crippen LogP contribution < -0.4 is 15.5 Å². The van der Waals surface area contributed by atoms with E-state index in [1.165, 1.54) is 24.3 Å². The fourth-order valence-corrected chi connectivity index (χ4v) is 3.66. The van der Waals surface area contributed by atoms with E-state index in [9.17, 15) is 19.7 Å². The number of nitro groups is 1. The van der Waals surface area contributed by atoms with Gasteiger partial charge in [-0.3, -0.25) is 19.7 Å². The Morgan fingerprint density at radius 3 is 2.22 bits per heavy atom. The van der Waals surface area contributed by atoms with E-state index in [0.717, 1.165) is 31.6 Å². The van der Waals surface area contributed by atoms with Crippen LogP contribution >= 0.6 is 0 Å². The highest BCUT2D eigenvalue weighted by atomic mass is 16.6. The highest BCUT2D eigenvalue weighted by Gasteiger charge is 2.25. The lowest BCUT2D eigenvalue weighted by atomic mass is 10.0. The van der Waals surface area contributed by atoms with E-state index in [0.29, 0.717) is 17.0 Å². The largest absolute Gasteiger partial charge is 0.371 e. The highest BCUT2D eigenvalue weighted by Crippen LogP contribution is 2.25. The Labute approximate surface area is 188 Å². The molecule has 1 heterocycles. The summed E-state index contributed by atoms with van der Waals surface area (Å²) in [4.78, 5) is 37.8. The lowest BCUT2D eigenvalue weighted by Crippen LogP contribution is -2.45. The van der Waals surface area contributed by atoms with Crippen molar-refractivity contribution in [1.82, 2.24) is 10.6 Å². The number of benzene rings is 2. The Bertz CT molecular complexity index is 966. The summed E-state index contributed by atoms with van der Waals surface area (Å²) >= 11 is 0. The molecule has 1 saturated heterocycles. The van der Waals surface area contributed by atoms with Crippen molar-refractivity contribution in [2.45, 2.75) is 45.7 Å². The molecule has 1 atom stereocenters. The van der Waals surface area contributed by atoms with Crippen molar-refractivity contribution in [3.05, 3.63) is 69.8 Å². The summed E-state index contributed by atoms with van der Waals surface area (Å²) in [5.74, 6) is 0.0393. The summed E-state index contributed by atoms with van der Waals surface area (Å²) in [6, 6.07) is 13.3. The SMILES string of the molecule is CC(C)[C@@H](C)NC(=O)c1ccccc1N1CCC(NC(=O)c2ccc([N+](=O)[O-])cc2)CC1. The third-order valence-corrected chi connectivity index (χ3v) is 6.02. The number of hydrogen-bond acceptors (Lipinski definition) is 5. The van der Waals surface area contributed by atoms with Gasteiger partial charge >= 0.3 is 0 Å². The van der Waals surface area contributed by atoms with Gasteiger partial charge in [-0.05, 0) is 49.9 Å². The van der Waals surface area contributed by atoms with E-state index in [4.69, 9.17) is 0 Å². The number of rotatable bonds is 7. The van der Waals surface area contributed by atoms with Crippen LogP contribution in [-0.4, -0.2) is 41.9 Å². The van der Waals surface area contributed by atoms with Crippen LogP contribution in [0.15, 0.2) is 48.5 Å². The standard InChI is InChI=1S/C24H30N4O4/c1-16(2)17(3)25-24(30)21-6-4-5-7-22(21)27-14-12-19(13-15-27)26-23(29)18-8-10-20(11-9-18)28(31)32/h4-11,16-17,19H,12-15H2,1-3H3,(H,25,30)(H,26,29)/t17-/m1/s1. The molecule has 1 fully saturated rings. The monoisotopic (exact) mass is 438 g/mol. The van der Waals surface area contributed by atoms with Crippen LogP contribution in [0.3, 0.4) is 0 Å². The van der Waals surface area contributed by atoms with Crippen molar-refractivity contribution in [3.8, 4) is 0 Å². The molecular weight excluding hydrogens is 408 g/mol. The van der Waals surface area contributed by atoms with Crippen molar-refractivity contribution in [2.24, 2.45) is 5.92 Å². The summed E-state index contributed by atoms with van der Waals surface area (Å²) in [5.41, 5.74) is 1.93. The predicted octanol–water partition coefficient (Wildman–Crippen LogP) is 3.77. The third-order valence-electron chi connectivity index (χ3n) is 6.02. The fraction of sp³-hybridized carbons (Fsp3) is 0.417. The molecular formula is C24H30N4O4. The minimum atomic E-state index is -0.487. The minimum absolute atomic E-state index is 0.0101. The zero-order valence-corrected chi connectivity index (χ0v) is 18.7. The maximum Gasteiger partial charge on any atom is 0.269 e. The molecule has 0 radical (unpaired) electrons. The third kappa shape index (κ3) is 5.63. The number of non-ortho nitro benzene ring substituents is 1. The van der Waals surface area contributed by atoms with Gasteiger partial charge in [0, 0.05) is 48.6 Å². The molecule has 8 nitrogen and oxygen atoms in total. The molecule has 2 N–H and O–H groups in total. The normalized spacial score (nSPS) is 15.3. The molecule has 0 bridgehead atoms. The Hall–Kier alpha value is -3.42. The van der Waals surface area contributed by atoms with Crippen molar-refractivity contribution < 1.29 is 14.5 Å². The van der Waals surface area contributed by atoms with Gasteiger partial charge in [0.05, 0.1) is 10.5 Å². The quantitative estimate of drug-likeness (QED) is 0.506. The highest BCUT2D eigenvalue weighted by molar-refractivity contribution is 6.00. The molecule has 8 heteroatoms. The molecule has 1 aliphatic heterocycles. The number of nitro benzene ring substituents is 1. The zero-order chi connectivity index (χ0) is 23.3. The maximum absolute atomic E-state index is 12.8. The van der Waals surface area contributed by atoms with Gasteiger partial charge in [-0.25, -0.2) is 0 Å². The van der Waals surface area contributed by atoms with Gasteiger partial charge < -0.3 is 15.5 Å². The first-order valence-corrected chi connectivity index (χ1v) is 11.0. The van der Waals surface area contributed by atoms with E-state index in [1.54, 1.807) is 0 Å². The molecule has 2 aromatic carbocycles. The summed E-state index contributed by atoms with van der Waals surface area (Å²) < 4.78 is 0. The van der Waals surface area contributed by atoms with E-state index in [-0.39, 0.29) is 29.6 Å². The smallest absolute Gasteiger partial charge is 0.269 e. The van der Waals surface area contributed by atoms with Crippen LogP contribution in [0.5, 0.6) is 0 Å². The van der Waals surface area contributed by atoms with Crippen molar-refractivity contribution in [2.75, 3.05) is 18.0 Å². The average Bonchev–Trinajstić information content (AvgIpc) is 2.79. The number of nitrogens with one attached hydrogen (secondary N) is 2. The van der Waals surface area contributed by atoms with Gasteiger partial charge in [0.2, 0.25) is 0 Å². The lowest BCUT2D eigenvalue weighted by Gasteiger charge is -2.35. The molecule has 0 aromatic heterocycles. The van der Waals surface area contributed by atoms with Crippen molar-refractivity contribution in [1.29, 1.82) is 0 Å². The molecule has 32 heavy (non-hydrogen) atoms. The average molecular weight is 439 g/mol. The second-order valence-electron chi connectivity index (χ2n) is 8.56. The fourth-order valence-electron chi connectivity index (χ4n) is 3.66. The number of para-hydroxylation sites is 1. The van der Waals surface area contributed by atoms with Crippen LogP contribution in [0, 0.1) is 16.0 Å². The van der Waals surface area contributed by atoms with Crippen LogP contribution in [0.4, 0.5) is 11.4 Å². The minimum Gasteiger partial charge on any atom is -0.371 e. The van der Waals surface area contributed by atoms with Gasteiger partial charge in [-0.2, -0.15) is 0 Å². The van der Waals surface area contributed by atoms with Gasteiger partial charge in [-0.15, -0.1) is 0 Å². The molecule has 0 unspecified atom stereocenters. The molecule has 0 saturated carbocycles. The summed E-state index contributed by atoms with van der Waals surface area (Å²) in [6.07, 6.45) is 1.49. The molecule has 3 rings (SSSR count). The first-order valence-electron chi connectivity index (χ1n) is 11.0. The number of carbonyl (C=O) groups excluding carboxylic acids is 2. The van der Waals surface area contributed by atoms with Gasteiger partial charge in [0.15, 0.2) is 0 Å². The van der Waals surface area contributed by atoms with E-state index in [2.05, 4.69) is 29.4 Å². The van der Waals surface area contributed by atoms with Crippen LogP contribution in [0.1, 0.15) is 54.3 Å². The van der Waals surface area contributed by atoms with Crippen LogP contribution in [0.2, 0.25) is 0 Å². The maximum atomic E-state index is 12.8. The molecule has 2 amide bonds. The number of amides is 2. The van der Waals surface area contributed by atoms with E-state index in [1.807, 2.05) is 31.2 Å². The van der Waals surface area contributed by atoms with Gasteiger partial charge in [-0.1, -0.05) is 26.0 Å². The second-order valence-corrected chi connectivity index (χ2v) is 8.56. The van der Waals surface area contributed by atoms with Crippen LogP contribution in [-0.2, 0) is 0 Å². The number of anilines is 1. The molecule has 0 aliphatic carbocycles. The first kappa shape index (κ1) is 23.2. The summed E-state index contributed by atoms with van der Waals surface area (Å²) in [6.45, 7) is 7.59. The molecule has 1 aliphatic rings. The number of carbonyl (C=O) groups is 2. The van der Waals surface area contributed by atoms with E-state index < -0.39 is 4.92 Å². The Balaban J connectivity index is 1.59. The second kappa shape index (κ2) is 10.3. The number of hydrogen-bond donors (Lipinski definition) is 2. The summed E-state index contributed by atoms with van der Waals surface area (Å²) in [5, 5.41) is 16.9. The summed E-state index contributed by atoms with van der Waals surface area (Å²) in [7, 11) is 0. The Kier molecular flexibility index (Phi) is 7.45. The predicted molar refractivity (Wildman–Crippen MR) is 124 cm³/mol.